The quantitative estimate of drug-likeness (QED) is 0.264. The highest BCUT2D eigenvalue weighted by Crippen LogP contribution is 2.58. The van der Waals surface area contributed by atoms with Gasteiger partial charge in [0.15, 0.2) is 0 Å². The zero-order valence-electron chi connectivity index (χ0n) is 20.4. The summed E-state index contributed by atoms with van der Waals surface area (Å²) in [4.78, 5) is 0. The van der Waals surface area contributed by atoms with Crippen LogP contribution in [-0.2, 0) is 10.2 Å². The van der Waals surface area contributed by atoms with Crippen LogP contribution in [0.2, 0.25) is 0 Å². The molecule has 36 heavy (non-hydrogen) atoms. The number of rotatable bonds is 6. The van der Waals surface area contributed by atoms with E-state index >= 15 is 0 Å². The van der Waals surface area contributed by atoms with Gasteiger partial charge in [0.05, 0.1) is 17.9 Å². The van der Waals surface area contributed by atoms with Crippen molar-refractivity contribution in [3.8, 4) is 16.9 Å². The van der Waals surface area contributed by atoms with Crippen molar-refractivity contribution in [1.29, 1.82) is 0 Å². The largest absolute Gasteiger partial charge is 0.491 e. The lowest BCUT2D eigenvalue weighted by atomic mass is 9.65. The summed E-state index contributed by atoms with van der Waals surface area (Å²) in [6, 6.07) is 30.5. The van der Waals surface area contributed by atoms with E-state index in [4.69, 9.17) is 9.47 Å². The fourth-order valence-electron chi connectivity index (χ4n) is 5.90. The zero-order chi connectivity index (χ0) is 24.8. The zero-order valence-corrected chi connectivity index (χ0v) is 20.4. The minimum absolute atomic E-state index is 0.404. The highest BCUT2D eigenvalue weighted by molar-refractivity contribution is 5.96. The van der Waals surface area contributed by atoms with Crippen LogP contribution < -0.4 is 4.74 Å². The third kappa shape index (κ3) is 3.25. The molecule has 6 rings (SSSR count). The molecule has 0 fully saturated rings. The maximum atomic E-state index is 5.87. The predicted octanol–water partition coefficient (Wildman–Crippen LogP) is 8.48. The molecule has 0 aliphatic heterocycles. The first kappa shape index (κ1) is 22.2. The Bertz CT molecular complexity index is 1560. The Kier molecular flexibility index (Phi) is 5.19. The van der Waals surface area contributed by atoms with Crippen molar-refractivity contribution in [2.24, 2.45) is 0 Å². The topological polar surface area (TPSA) is 18.5 Å². The second kappa shape index (κ2) is 8.42. The molecular weight excluding hydrogens is 440 g/mol. The Morgan fingerprint density at radius 2 is 1.50 bits per heavy atom. The highest BCUT2D eigenvalue weighted by atomic mass is 16.5. The first-order chi connectivity index (χ1) is 17.6. The van der Waals surface area contributed by atoms with Gasteiger partial charge in [0.25, 0.3) is 0 Å². The van der Waals surface area contributed by atoms with Crippen LogP contribution in [0.25, 0.3) is 21.9 Å². The molecule has 0 saturated carbocycles. The summed E-state index contributed by atoms with van der Waals surface area (Å²) in [5, 5.41) is 2.48. The molecule has 0 amide bonds. The lowest BCUT2D eigenvalue weighted by Gasteiger charge is -2.38. The molecule has 0 N–H and O–H groups in total. The Morgan fingerprint density at radius 3 is 2.19 bits per heavy atom. The molecule has 4 aromatic rings. The summed E-state index contributed by atoms with van der Waals surface area (Å²) in [5.74, 6) is 0.772. The fourth-order valence-corrected chi connectivity index (χ4v) is 5.90. The van der Waals surface area contributed by atoms with Crippen molar-refractivity contribution in [3.05, 3.63) is 151 Å². The molecule has 0 aromatic heterocycles. The lowest BCUT2D eigenvalue weighted by molar-refractivity contribution is 0.0883. The summed E-state index contributed by atoms with van der Waals surface area (Å²) < 4.78 is 11.4. The monoisotopic (exact) mass is 468 g/mol. The molecule has 176 valence electrons. The van der Waals surface area contributed by atoms with Gasteiger partial charge in [-0.05, 0) is 81.4 Å². The van der Waals surface area contributed by atoms with Crippen molar-refractivity contribution in [3.63, 3.8) is 0 Å². The van der Waals surface area contributed by atoms with Gasteiger partial charge >= 0.3 is 0 Å². The minimum Gasteiger partial charge on any atom is -0.491 e. The van der Waals surface area contributed by atoms with E-state index in [0.29, 0.717) is 0 Å². The van der Waals surface area contributed by atoms with Crippen LogP contribution in [0, 0.1) is 0 Å². The van der Waals surface area contributed by atoms with Gasteiger partial charge in [-0.1, -0.05) is 86.0 Å². The molecule has 2 atom stereocenters. The summed E-state index contributed by atoms with van der Waals surface area (Å²) in [6.45, 7) is 9.57. The van der Waals surface area contributed by atoms with Crippen LogP contribution in [0.1, 0.15) is 30.0 Å². The third-order valence-electron chi connectivity index (χ3n) is 7.55. The Morgan fingerprint density at radius 1 is 0.778 bits per heavy atom. The van der Waals surface area contributed by atoms with Gasteiger partial charge in [-0.25, -0.2) is 0 Å². The highest BCUT2D eigenvalue weighted by Gasteiger charge is 2.47. The minimum atomic E-state index is -0.464. The third-order valence-corrected chi connectivity index (χ3v) is 7.55. The molecule has 4 aromatic carbocycles. The maximum absolute atomic E-state index is 5.87. The van der Waals surface area contributed by atoms with Crippen molar-refractivity contribution in [1.82, 2.24) is 0 Å². The first-order valence-corrected chi connectivity index (χ1v) is 12.3. The predicted molar refractivity (Wildman–Crippen MR) is 148 cm³/mol. The molecule has 2 nitrogen and oxygen atoms in total. The molecule has 0 spiro atoms. The van der Waals surface area contributed by atoms with Crippen LogP contribution in [0.4, 0.5) is 0 Å². The van der Waals surface area contributed by atoms with Gasteiger partial charge in [0, 0.05) is 6.42 Å². The summed E-state index contributed by atoms with van der Waals surface area (Å²) >= 11 is 0. The molecule has 2 heteroatoms. The second-order valence-corrected chi connectivity index (χ2v) is 9.64. The van der Waals surface area contributed by atoms with Gasteiger partial charge in [0.2, 0.25) is 0 Å². The van der Waals surface area contributed by atoms with E-state index in [1.165, 1.54) is 56.7 Å². The van der Waals surface area contributed by atoms with Crippen LogP contribution in [-0.4, -0.2) is 5.60 Å². The SMILES string of the molecule is C=COc1ccc(C2(C3=CC[C@](C)(OC=C)C=C3)c3ccccc3-c3cc4ccccc4cc32)cc1. The van der Waals surface area contributed by atoms with Crippen LogP contribution in [0.5, 0.6) is 5.75 Å². The number of ether oxygens (including phenoxy) is 2. The van der Waals surface area contributed by atoms with Crippen LogP contribution >= 0.6 is 0 Å². The second-order valence-electron chi connectivity index (χ2n) is 9.64. The van der Waals surface area contributed by atoms with E-state index in [1.54, 1.807) is 0 Å². The van der Waals surface area contributed by atoms with Crippen molar-refractivity contribution >= 4 is 10.8 Å². The molecule has 2 aliphatic rings. The van der Waals surface area contributed by atoms with E-state index in [-0.39, 0.29) is 0 Å². The van der Waals surface area contributed by atoms with Crippen molar-refractivity contribution < 1.29 is 9.47 Å². The average Bonchev–Trinajstić information content (AvgIpc) is 3.19. The van der Waals surface area contributed by atoms with Gasteiger partial charge in [-0.2, -0.15) is 0 Å². The summed E-state index contributed by atoms with van der Waals surface area (Å²) in [7, 11) is 0. The molecule has 0 radical (unpaired) electrons. The normalized spacial score (nSPS) is 21.9. The van der Waals surface area contributed by atoms with Crippen molar-refractivity contribution in [2.75, 3.05) is 0 Å². The van der Waals surface area contributed by atoms with E-state index in [0.717, 1.165) is 12.2 Å². The van der Waals surface area contributed by atoms with Crippen molar-refractivity contribution in [2.45, 2.75) is 24.4 Å². The lowest BCUT2D eigenvalue weighted by Crippen LogP contribution is -2.33. The smallest absolute Gasteiger partial charge is 0.127 e. The Hall–Kier alpha value is -4.30. The number of fused-ring (bicyclic) bond motifs is 4. The number of hydrogen-bond donors (Lipinski definition) is 0. The molecule has 1 unspecified atom stereocenters. The molecule has 2 aliphatic carbocycles. The van der Waals surface area contributed by atoms with Gasteiger partial charge < -0.3 is 9.47 Å². The average molecular weight is 469 g/mol. The Balaban J connectivity index is 1.67. The molecule has 0 heterocycles. The molecule has 0 bridgehead atoms. The maximum Gasteiger partial charge on any atom is 0.127 e. The van der Waals surface area contributed by atoms with E-state index < -0.39 is 11.0 Å². The standard InChI is InChI=1S/C34H28O2/c1-4-35-28-16-14-26(15-17-28)34(27-18-20-33(3,21-19-27)36-5-2)31-13-9-8-12-29(31)30-22-24-10-6-7-11-25(24)23-32(30)34/h4-20,22-23H,1-2,21H2,3H3/t33-,34?/m1/s1. The summed E-state index contributed by atoms with van der Waals surface area (Å²) in [6.07, 6.45) is 10.5. The number of benzene rings is 4. The van der Waals surface area contributed by atoms with Gasteiger partial charge in [-0.3, -0.25) is 0 Å². The van der Waals surface area contributed by atoms with E-state index in [1.807, 2.05) is 12.1 Å². The molecular formula is C34H28O2. The van der Waals surface area contributed by atoms with Gasteiger partial charge in [0.1, 0.15) is 11.4 Å². The first-order valence-electron chi connectivity index (χ1n) is 12.3. The molecule has 0 saturated heterocycles. The van der Waals surface area contributed by atoms with E-state index in [9.17, 15) is 0 Å². The van der Waals surface area contributed by atoms with Crippen LogP contribution in [0.3, 0.4) is 0 Å². The van der Waals surface area contributed by atoms with Gasteiger partial charge in [-0.15, -0.1) is 0 Å². The van der Waals surface area contributed by atoms with Crippen LogP contribution in [0.15, 0.2) is 134 Å². The number of hydrogen-bond acceptors (Lipinski definition) is 2. The summed E-state index contributed by atoms with van der Waals surface area (Å²) in [5.41, 5.74) is 6.71. The Labute approximate surface area is 212 Å². The number of allylic oxidation sites excluding steroid dienone is 2. The van der Waals surface area contributed by atoms with E-state index in [2.05, 4.69) is 111 Å². The fraction of sp³-hybridized carbons (Fsp3) is 0.118.